The van der Waals surface area contributed by atoms with E-state index in [1.54, 1.807) is 41.3 Å². The number of amidine groups is 1. The van der Waals surface area contributed by atoms with Gasteiger partial charge in [0.25, 0.3) is 0 Å². The van der Waals surface area contributed by atoms with Gasteiger partial charge in [0.1, 0.15) is 23.4 Å². The number of Topliss-reactive ketones (excluding diaryl/α,β-unsaturated/α-hetero) is 1. The molecule has 0 spiro atoms. The number of para-hydroxylation sites is 1. The van der Waals surface area contributed by atoms with Crippen molar-refractivity contribution in [1.82, 2.24) is 0 Å². The number of carbonyl (C=O) groups is 1. The summed E-state index contributed by atoms with van der Waals surface area (Å²) in [6.45, 7) is 4.04. The predicted molar refractivity (Wildman–Crippen MR) is 135 cm³/mol. The molecule has 2 heterocycles. The van der Waals surface area contributed by atoms with Gasteiger partial charge in [-0.05, 0) is 48.2 Å². The van der Waals surface area contributed by atoms with Crippen LogP contribution in [0.15, 0.2) is 71.0 Å². The van der Waals surface area contributed by atoms with E-state index in [9.17, 15) is 20.3 Å². The summed E-state index contributed by atoms with van der Waals surface area (Å²) >= 11 is 6.30. The third-order valence-electron chi connectivity index (χ3n) is 6.60. The van der Waals surface area contributed by atoms with Crippen molar-refractivity contribution in [2.45, 2.75) is 32.7 Å². The molecule has 5 rings (SSSR count). The number of aliphatic hydroxyl groups excluding tert-OH is 1. The first-order valence-corrected chi connectivity index (χ1v) is 11.5. The van der Waals surface area contributed by atoms with Crippen molar-refractivity contribution < 1.29 is 15.0 Å². The number of allylic oxidation sites excluding steroid dienone is 1. The first-order valence-electron chi connectivity index (χ1n) is 11.2. The van der Waals surface area contributed by atoms with Gasteiger partial charge in [-0.2, -0.15) is 5.26 Å². The second-order valence-electron chi connectivity index (χ2n) is 9.73. The average Bonchev–Trinajstić information content (AvgIpc) is 2.92. The molecule has 3 aliphatic rings. The van der Waals surface area contributed by atoms with E-state index in [1.807, 2.05) is 19.9 Å². The lowest BCUT2D eigenvalue weighted by atomic mass is 9.72. The number of hydrogen-bond acceptors (Lipinski definition) is 6. The van der Waals surface area contributed by atoms with Crippen LogP contribution < -0.4 is 10.2 Å². The number of rotatable bonds is 1. The standard InChI is InChI=1S/C27H23ClN4O3/c1-27(2)11-19-23(22(34)12-27)24-17(25(35)16-5-3-4-6-21(16)33)9-14(13-29)26(30)32(24)20-8-7-15(28)10-18(20)31-19/h3-10,24,30-31,33,35H,11-12H2,1-2H3/b25-17-,30-26?. The van der Waals surface area contributed by atoms with Gasteiger partial charge in [0.15, 0.2) is 5.78 Å². The van der Waals surface area contributed by atoms with Gasteiger partial charge >= 0.3 is 0 Å². The summed E-state index contributed by atoms with van der Waals surface area (Å²) in [5, 5.41) is 44.4. The lowest BCUT2D eigenvalue weighted by Crippen LogP contribution is -2.48. The van der Waals surface area contributed by atoms with Gasteiger partial charge in [0.05, 0.1) is 28.6 Å². The summed E-state index contributed by atoms with van der Waals surface area (Å²) < 4.78 is 0. The minimum Gasteiger partial charge on any atom is -0.507 e. The number of phenols is 1. The highest BCUT2D eigenvalue weighted by Gasteiger charge is 2.46. The summed E-state index contributed by atoms with van der Waals surface area (Å²) in [4.78, 5) is 15.2. The summed E-state index contributed by atoms with van der Waals surface area (Å²) in [6, 6.07) is 12.6. The molecule has 0 aromatic heterocycles. The molecule has 0 amide bonds. The number of phenolic OH excluding ortho intramolecular Hbond substituents is 1. The van der Waals surface area contributed by atoms with E-state index in [2.05, 4.69) is 5.32 Å². The smallest absolute Gasteiger partial charge is 0.163 e. The van der Waals surface area contributed by atoms with Gasteiger partial charge in [-0.25, -0.2) is 0 Å². The summed E-state index contributed by atoms with van der Waals surface area (Å²) in [7, 11) is 0. The molecule has 176 valence electrons. The summed E-state index contributed by atoms with van der Waals surface area (Å²) in [6.07, 6.45) is 2.29. The number of nitrogens with one attached hydrogen (secondary N) is 2. The fourth-order valence-corrected chi connectivity index (χ4v) is 5.27. The Morgan fingerprint density at radius 1 is 1.26 bits per heavy atom. The zero-order valence-electron chi connectivity index (χ0n) is 19.2. The van der Waals surface area contributed by atoms with Gasteiger partial charge in [-0.15, -0.1) is 0 Å². The third-order valence-corrected chi connectivity index (χ3v) is 6.83. The van der Waals surface area contributed by atoms with Crippen molar-refractivity contribution in [3.63, 3.8) is 0 Å². The molecular weight excluding hydrogens is 464 g/mol. The molecule has 1 aliphatic carbocycles. The maximum absolute atomic E-state index is 13.6. The van der Waals surface area contributed by atoms with Gasteiger partial charge < -0.3 is 20.4 Å². The molecule has 0 saturated carbocycles. The maximum atomic E-state index is 13.6. The number of ketones is 1. The van der Waals surface area contributed by atoms with Crippen LogP contribution >= 0.6 is 11.6 Å². The molecule has 2 aromatic rings. The molecule has 2 aromatic carbocycles. The quantitative estimate of drug-likeness (QED) is 0.384. The van der Waals surface area contributed by atoms with E-state index in [0.29, 0.717) is 40.5 Å². The number of benzene rings is 2. The van der Waals surface area contributed by atoms with E-state index in [-0.39, 0.29) is 45.3 Å². The average molecular weight is 487 g/mol. The number of carbonyl (C=O) groups excluding carboxylic acids is 1. The van der Waals surface area contributed by atoms with Crippen LogP contribution in [0.2, 0.25) is 5.02 Å². The molecule has 4 N–H and O–H groups in total. The molecule has 0 radical (unpaired) electrons. The number of fused-ring (bicyclic) bond motifs is 4. The molecule has 0 fully saturated rings. The Labute approximate surface area is 207 Å². The molecule has 7 nitrogen and oxygen atoms in total. The topological polar surface area (TPSA) is 120 Å². The molecule has 0 bridgehead atoms. The van der Waals surface area contributed by atoms with Crippen LogP contribution in [0.1, 0.15) is 32.3 Å². The highest BCUT2D eigenvalue weighted by atomic mass is 35.5. The Morgan fingerprint density at radius 3 is 2.71 bits per heavy atom. The zero-order valence-corrected chi connectivity index (χ0v) is 19.9. The minimum absolute atomic E-state index is 0.0201. The number of nitrogens with zero attached hydrogens (tertiary/aromatic N) is 2. The predicted octanol–water partition coefficient (Wildman–Crippen LogP) is 5.70. The van der Waals surface area contributed by atoms with Crippen molar-refractivity contribution in [2.24, 2.45) is 5.41 Å². The number of nitriles is 1. The van der Waals surface area contributed by atoms with Gasteiger partial charge in [-0.3, -0.25) is 10.2 Å². The Morgan fingerprint density at radius 2 is 2.00 bits per heavy atom. The highest BCUT2D eigenvalue weighted by molar-refractivity contribution is 6.31. The molecule has 35 heavy (non-hydrogen) atoms. The molecule has 8 heteroatoms. The summed E-state index contributed by atoms with van der Waals surface area (Å²) in [5.41, 5.74) is 2.41. The third kappa shape index (κ3) is 3.67. The molecule has 1 atom stereocenters. The Bertz CT molecular complexity index is 1440. The molecule has 2 aliphatic heterocycles. The van der Waals surface area contributed by atoms with Crippen LogP contribution in [0, 0.1) is 22.2 Å². The van der Waals surface area contributed by atoms with Crippen molar-refractivity contribution in [2.75, 3.05) is 10.2 Å². The van der Waals surface area contributed by atoms with Gasteiger partial charge in [-0.1, -0.05) is 37.6 Å². The summed E-state index contributed by atoms with van der Waals surface area (Å²) in [5.74, 6) is -0.606. The second-order valence-corrected chi connectivity index (χ2v) is 10.2. The maximum Gasteiger partial charge on any atom is 0.163 e. The van der Waals surface area contributed by atoms with Crippen LogP contribution in [0.5, 0.6) is 5.75 Å². The van der Waals surface area contributed by atoms with Crippen LogP contribution in [-0.4, -0.2) is 27.9 Å². The fraction of sp³-hybridized carbons (Fsp3) is 0.222. The van der Waals surface area contributed by atoms with Crippen LogP contribution in [0.4, 0.5) is 11.4 Å². The van der Waals surface area contributed by atoms with Crippen molar-refractivity contribution in [3.8, 4) is 11.8 Å². The van der Waals surface area contributed by atoms with E-state index in [4.69, 9.17) is 17.0 Å². The second kappa shape index (κ2) is 8.03. The fourth-order valence-electron chi connectivity index (χ4n) is 5.10. The number of aliphatic hydroxyl groups is 1. The Kier molecular flexibility index (Phi) is 5.22. The van der Waals surface area contributed by atoms with Crippen molar-refractivity contribution in [1.29, 1.82) is 10.7 Å². The lowest BCUT2D eigenvalue weighted by molar-refractivity contribution is -0.118. The van der Waals surface area contributed by atoms with Crippen LogP contribution in [-0.2, 0) is 4.79 Å². The monoisotopic (exact) mass is 486 g/mol. The largest absolute Gasteiger partial charge is 0.507 e. The van der Waals surface area contributed by atoms with E-state index in [1.165, 1.54) is 12.1 Å². The van der Waals surface area contributed by atoms with E-state index in [0.717, 1.165) is 0 Å². The SMILES string of the molecule is CC1(C)CC(=O)C2=C(C1)Nc1cc(Cl)ccc1N1C(=N)C(C#N)=C/C(=C(/O)c3ccccc3O)C21. The zero-order chi connectivity index (χ0) is 25.1. The lowest BCUT2D eigenvalue weighted by Gasteiger charge is -2.40. The Hall–Kier alpha value is -4.02. The van der Waals surface area contributed by atoms with Gasteiger partial charge in [0.2, 0.25) is 0 Å². The number of aromatic hydroxyl groups is 1. The highest BCUT2D eigenvalue weighted by Crippen LogP contribution is 2.48. The Balaban J connectivity index is 1.87. The first-order chi connectivity index (χ1) is 16.6. The van der Waals surface area contributed by atoms with Crippen molar-refractivity contribution in [3.05, 3.63) is 81.5 Å². The molecule has 1 unspecified atom stereocenters. The normalized spacial score (nSPS) is 22.2. The minimum atomic E-state index is -0.882. The van der Waals surface area contributed by atoms with E-state index < -0.39 is 6.04 Å². The van der Waals surface area contributed by atoms with Crippen LogP contribution in [0.3, 0.4) is 0 Å². The van der Waals surface area contributed by atoms with Gasteiger partial charge in [0, 0.05) is 28.3 Å². The number of hydrogen-bond donors (Lipinski definition) is 4. The first kappa shape index (κ1) is 22.8. The number of anilines is 2. The molecule has 0 saturated heterocycles. The van der Waals surface area contributed by atoms with Crippen molar-refractivity contribution >= 4 is 40.4 Å². The number of halogens is 1. The van der Waals surface area contributed by atoms with E-state index >= 15 is 0 Å². The molecular formula is C27H23ClN4O3. The van der Waals surface area contributed by atoms with Crippen LogP contribution in [0.25, 0.3) is 5.76 Å².